The van der Waals surface area contributed by atoms with Crippen LogP contribution in [0.3, 0.4) is 0 Å². The normalized spacial score (nSPS) is 13.2. The van der Waals surface area contributed by atoms with Gasteiger partial charge in [-0.15, -0.1) is 0 Å². The number of anilines is 1. The molecule has 3 N–H and O–H groups in total. The smallest absolute Gasteiger partial charge is 0.198 e. The van der Waals surface area contributed by atoms with Crippen LogP contribution in [0.15, 0.2) is 30.3 Å². The maximum absolute atomic E-state index is 12.7. The zero-order valence-electron chi connectivity index (χ0n) is 13.2. The van der Waals surface area contributed by atoms with Crippen LogP contribution in [0.5, 0.6) is 0 Å². The van der Waals surface area contributed by atoms with E-state index in [1.54, 1.807) is 30.3 Å². The molecule has 0 atom stereocenters. The predicted octanol–water partition coefficient (Wildman–Crippen LogP) is 1.98. The number of hydrogen-bond donors (Lipinski definition) is 2. The summed E-state index contributed by atoms with van der Waals surface area (Å²) in [5, 5.41) is 3.30. The van der Waals surface area contributed by atoms with E-state index in [9.17, 15) is 9.59 Å². The number of carbonyl (C=O) groups excluding carboxylic acids is 2. The topological polar surface area (TPSA) is 85.1 Å². The lowest BCUT2D eigenvalue weighted by Gasteiger charge is -2.19. The van der Waals surface area contributed by atoms with E-state index in [0.717, 1.165) is 12.2 Å². The highest BCUT2D eigenvalue weighted by Gasteiger charge is 2.32. The fourth-order valence-corrected chi connectivity index (χ4v) is 2.81. The summed E-state index contributed by atoms with van der Waals surface area (Å²) < 4.78 is 0. The number of pyridine rings is 1. The van der Waals surface area contributed by atoms with Crippen molar-refractivity contribution in [2.24, 2.45) is 0 Å². The van der Waals surface area contributed by atoms with Gasteiger partial charge in [-0.1, -0.05) is 38.1 Å². The van der Waals surface area contributed by atoms with Gasteiger partial charge in [-0.05, 0) is 6.07 Å². The highest BCUT2D eigenvalue weighted by molar-refractivity contribution is 6.29. The van der Waals surface area contributed by atoms with Crippen LogP contribution in [0.25, 0.3) is 0 Å². The number of benzene rings is 1. The van der Waals surface area contributed by atoms with E-state index in [2.05, 4.69) is 24.1 Å². The summed E-state index contributed by atoms with van der Waals surface area (Å²) in [4.78, 5) is 29.6. The van der Waals surface area contributed by atoms with E-state index in [4.69, 9.17) is 5.73 Å². The third kappa shape index (κ3) is 2.75. The van der Waals surface area contributed by atoms with Gasteiger partial charge in [0.15, 0.2) is 11.6 Å². The average molecular weight is 309 g/mol. The third-order valence-corrected chi connectivity index (χ3v) is 3.92. The standard InChI is InChI=1S/C18H19N3O2/c1-10(2)20-8-7-11-9-14-15(18(19)21-11)17(23)13-6-4-3-5-12(13)16(14)22/h3-6,9-10,20H,7-8H2,1-2H3,(H2,19,21). The average Bonchev–Trinajstić information content (AvgIpc) is 2.52. The Balaban J connectivity index is 2.00. The minimum absolute atomic E-state index is 0.134. The molecule has 0 fully saturated rings. The minimum atomic E-state index is -0.230. The molecule has 0 spiro atoms. The highest BCUT2D eigenvalue weighted by Crippen LogP contribution is 2.30. The van der Waals surface area contributed by atoms with Crippen molar-refractivity contribution in [3.63, 3.8) is 0 Å². The van der Waals surface area contributed by atoms with Crippen LogP contribution >= 0.6 is 0 Å². The van der Waals surface area contributed by atoms with Crippen LogP contribution in [0, 0.1) is 0 Å². The Bertz CT molecular complexity index is 797. The quantitative estimate of drug-likeness (QED) is 0.770. The van der Waals surface area contributed by atoms with E-state index >= 15 is 0 Å². The molecule has 5 heteroatoms. The predicted molar refractivity (Wildman–Crippen MR) is 88.8 cm³/mol. The number of fused-ring (bicyclic) bond motifs is 2. The first-order valence-corrected chi connectivity index (χ1v) is 7.70. The fourth-order valence-electron chi connectivity index (χ4n) is 2.81. The molecule has 1 aromatic heterocycles. The first-order valence-electron chi connectivity index (χ1n) is 7.70. The van der Waals surface area contributed by atoms with Crippen molar-refractivity contribution in [1.29, 1.82) is 0 Å². The zero-order valence-corrected chi connectivity index (χ0v) is 13.2. The molecule has 0 radical (unpaired) electrons. The summed E-state index contributed by atoms with van der Waals surface area (Å²) in [5.41, 5.74) is 8.12. The molecule has 5 nitrogen and oxygen atoms in total. The van der Waals surface area contributed by atoms with Gasteiger partial charge >= 0.3 is 0 Å². The number of aromatic nitrogens is 1. The summed E-state index contributed by atoms with van der Waals surface area (Å²) in [6.07, 6.45) is 0.652. The second-order valence-electron chi connectivity index (χ2n) is 5.98. The van der Waals surface area contributed by atoms with Crippen molar-refractivity contribution in [3.05, 3.63) is 58.3 Å². The van der Waals surface area contributed by atoms with Crippen LogP contribution in [0.1, 0.15) is 51.4 Å². The van der Waals surface area contributed by atoms with E-state index < -0.39 is 0 Å². The van der Waals surface area contributed by atoms with E-state index in [1.165, 1.54) is 0 Å². The largest absolute Gasteiger partial charge is 0.383 e. The Hall–Kier alpha value is -2.53. The van der Waals surface area contributed by atoms with Gasteiger partial charge in [-0.25, -0.2) is 4.98 Å². The molecule has 118 valence electrons. The Labute approximate surface area is 134 Å². The first-order chi connectivity index (χ1) is 11.0. The molecule has 0 saturated carbocycles. The molecule has 1 aliphatic rings. The first kappa shape index (κ1) is 15.4. The van der Waals surface area contributed by atoms with Gasteiger partial charge in [-0.3, -0.25) is 9.59 Å². The summed E-state index contributed by atoms with van der Waals surface area (Å²) in [6.45, 7) is 4.86. The monoisotopic (exact) mass is 309 g/mol. The van der Waals surface area contributed by atoms with E-state index in [-0.39, 0.29) is 22.9 Å². The Kier molecular flexibility index (Phi) is 3.96. The Morgan fingerprint density at radius 3 is 2.39 bits per heavy atom. The summed E-state index contributed by atoms with van der Waals surface area (Å²) in [7, 11) is 0. The number of nitrogens with two attached hydrogens (primary N) is 1. The maximum Gasteiger partial charge on any atom is 0.198 e. The van der Waals surface area contributed by atoms with E-state index in [0.29, 0.717) is 29.2 Å². The van der Waals surface area contributed by atoms with E-state index in [1.807, 2.05) is 0 Å². The lowest BCUT2D eigenvalue weighted by Crippen LogP contribution is -2.26. The maximum atomic E-state index is 12.7. The lowest BCUT2D eigenvalue weighted by atomic mass is 9.84. The molecule has 1 heterocycles. The van der Waals surface area contributed by atoms with Gasteiger partial charge < -0.3 is 11.1 Å². The number of nitrogens with zero attached hydrogens (tertiary/aromatic N) is 1. The number of nitrogen functional groups attached to an aromatic ring is 1. The molecule has 0 unspecified atom stereocenters. The van der Waals surface area contributed by atoms with Crippen LogP contribution in [0.2, 0.25) is 0 Å². The SMILES string of the molecule is CC(C)NCCc1cc2c(c(N)n1)C(=O)c1ccccc1C2=O. The van der Waals surface area contributed by atoms with Crippen LogP contribution in [-0.4, -0.2) is 29.1 Å². The molecule has 3 rings (SSSR count). The molecular formula is C18H19N3O2. The molecule has 0 amide bonds. The minimum Gasteiger partial charge on any atom is -0.383 e. The fraction of sp³-hybridized carbons (Fsp3) is 0.278. The van der Waals surface area contributed by atoms with Crippen LogP contribution in [0.4, 0.5) is 5.82 Å². The summed E-state index contributed by atoms with van der Waals surface area (Å²) in [5.74, 6) is -0.260. The summed E-state index contributed by atoms with van der Waals surface area (Å²) in [6, 6.07) is 8.90. The van der Waals surface area contributed by atoms with Gasteiger partial charge in [0, 0.05) is 41.4 Å². The molecule has 23 heavy (non-hydrogen) atoms. The van der Waals surface area contributed by atoms with Gasteiger partial charge in [0.25, 0.3) is 0 Å². The van der Waals surface area contributed by atoms with Crippen molar-refractivity contribution in [2.45, 2.75) is 26.3 Å². The number of carbonyl (C=O) groups is 2. The second kappa shape index (κ2) is 5.93. The number of ketones is 2. The molecule has 0 saturated heterocycles. The lowest BCUT2D eigenvalue weighted by molar-refractivity contribution is 0.0979. The summed E-state index contributed by atoms with van der Waals surface area (Å²) >= 11 is 0. The van der Waals surface area contributed by atoms with Crippen LogP contribution < -0.4 is 11.1 Å². The van der Waals surface area contributed by atoms with Crippen molar-refractivity contribution < 1.29 is 9.59 Å². The number of hydrogen-bond acceptors (Lipinski definition) is 5. The molecule has 1 aliphatic carbocycles. The number of nitrogens with one attached hydrogen (secondary N) is 1. The highest BCUT2D eigenvalue weighted by atomic mass is 16.1. The second-order valence-corrected chi connectivity index (χ2v) is 5.98. The zero-order chi connectivity index (χ0) is 16.6. The Morgan fingerprint density at radius 1 is 1.09 bits per heavy atom. The molecular weight excluding hydrogens is 290 g/mol. The van der Waals surface area contributed by atoms with Crippen molar-refractivity contribution in [2.75, 3.05) is 12.3 Å². The Morgan fingerprint density at radius 2 is 1.74 bits per heavy atom. The third-order valence-electron chi connectivity index (χ3n) is 3.92. The van der Waals surface area contributed by atoms with Gasteiger partial charge in [-0.2, -0.15) is 0 Å². The van der Waals surface area contributed by atoms with Crippen molar-refractivity contribution >= 4 is 17.4 Å². The molecule has 1 aromatic carbocycles. The van der Waals surface area contributed by atoms with Gasteiger partial charge in [0.2, 0.25) is 0 Å². The molecule has 0 bridgehead atoms. The van der Waals surface area contributed by atoms with Crippen molar-refractivity contribution in [3.8, 4) is 0 Å². The molecule has 2 aromatic rings. The van der Waals surface area contributed by atoms with Crippen LogP contribution in [-0.2, 0) is 6.42 Å². The van der Waals surface area contributed by atoms with Crippen molar-refractivity contribution in [1.82, 2.24) is 10.3 Å². The molecule has 0 aliphatic heterocycles. The van der Waals surface area contributed by atoms with Gasteiger partial charge in [0.05, 0.1) is 5.56 Å². The number of rotatable bonds is 4. The van der Waals surface area contributed by atoms with Gasteiger partial charge in [0.1, 0.15) is 5.82 Å².